The van der Waals surface area contributed by atoms with Crippen molar-refractivity contribution in [1.82, 2.24) is 4.90 Å². The number of carboxylic acid groups (broad SMARTS) is 1. The summed E-state index contributed by atoms with van der Waals surface area (Å²) < 4.78 is 5.95. The zero-order valence-electron chi connectivity index (χ0n) is 18.8. The Morgan fingerprint density at radius 2 is 1.84 bits per heavy atom. The number of aromatic carboxylic acids is 1. The highest BCUT2D eigenvalue weighted by molar-refractivity contribution is 6.02. The van der Waals surface area contributed by atoms with Crippen LogP contribution >= 0.6 is 0 Å². The fraction of sp³-hybridized carbons (Fsp3) is 0.462. The fourth-order valence-electron chi connectivity index (χ4n) is 5.25. The third kappa shape index (κ3) is 3.88. The number of fused-ring (bicyclic) bond motifs is 1. The minimum absolute atomic E-state index is 0.134. The average molecular weight is 435 g/mol. The number of nitrogens with zero attached hydrogens (tertiary/aromatic N) is 2. The quantitative estimate of drug-likeness (QED) is 0.761. The highest BCUT2D eigenvalue weighted by atomic mass is 16.7. The first kappa shape index (κ1) is 21.0. The van der Waals surface area contributed by atoms with Gasteiger partial charge in [0.25, 0.3) is 0 Å². The predicted octanol–water partition coefficient (Wildman–Crippen LogP) is 4.60. The standard InChI is InChI=1S/C26H30N2O4/c1-25(2)12-15-31-22-5-3-4-20(23(22)25)17-28-13-10-26(11-14-28)16-21(27-32-26)18-6-8-19(9-7-18)24(29)30/h3-9H,10-17H2,1-2H3,(H,29,30). The molecule has 0 unspecified atom stereocenters. The van der Waals surface area contributed by atoms with Crippen LogP contribution in [0.4, 0.5) is 0 Å². The van der Waals surface area contributed by atoms with Gasteiger partial charge in [-0.2, -0.15) is 0 Å². The van der Waals surface area contributed by atoms with Gasteiger partial charge >= 0.3 is 5.97 Å². The molecule has 0 aromatic heterocycles. The molecule has 0 bridgehead atoms. The van der Waals surface area contributed by atoms with E-state index in [2.05, 4.69) is 42.1 Å². The van der Waals surface area contributed by atoms with Crippen LogP contribution in [0.15, 0.2) is 47.6 Å². The molecule has 1 fully saturated rings. The Hall–Kier alpha value is -2.86. The van der Waals surface area contributed by atoms with Gasteiger partial charge in [-0.05, 0) is 41.2 Å². The molecule has 6 heteroatoms. The van der Waals surface area contributed by atoms with Crippen molar-refractivity contribution in [2.24, 2.45) is 5.16 Å². The second-order valence-electron chi connectivity index (χ2n) is 9.92. The van der Waals surface area contributed by atoms with Crippen LogP contribution in [-0.2, 0) is 16.8 Å². The summed E-state index contributed by atoms with van der Waals surface area (Å²) in [7, 11) is 0. The van der Waals surface area contributed by atoms with Gasteiger partial charge in [0.2, 0.25) is 0 Å². The number of ether oxygens (including phenoxy) is 1. The summed E-state index contributed by atoms with van der Waals surface area (Å²) in [6.45, 7) is 8.27. The van der Waals surface area contributed by atoms with Crippen molar-refractivity contribution in [3.05, 3.63) is 64.7 Å². The van der Waals surface area contributed by atoms with Gasteiger partial charge in [-0.3, -0.25) is 4.90 Å². The van der Waals surface area contributed by atoms with Crippen LogP contribution in [0.1, 0.15) is 66.6 Å². The van der Waals surface area contributed by atoms with Crippen molar-refractivity contribution in [2.45, 2.75) is 57.1 Å². The molecule has 0 radical (unpaired) electrons. The zero-order chi connectivity index (χ0) is 22.3. The Labute approximate surface area is 188 Å². The SMILES string of the molecule is CC1(C)CCOc2cccc(CN3CCC4(CC3)CC(c3ccc(C(=O)O)cc3)=NO4)c21. The molecule has 3 aliphatic rings. The molecule has 2 aromatic carbocycles. The molecule has 5 rings (SSSR count). The van der Waals surface area contributed by atoms with Crippen molar-refractivity contribution < 1.29 is 19.5 Å². The Morgan fingerprint density at radius 1 is 1.09 bits per heavy atom. The van der Waals surface area contributed by atoms with E-state index in [1.165, 1.54) is 11.1 Å². The number of oxime groups is 1. The second-order valence-corrected chi connectivity index (χ2v) is 9.92. The van der Waals surface area contributed by atoms with Gasteiger partial charge in [0.15, 0.2) is 0 Å². The van der Waals surface area contributed by atoms with E-state index in [4.69, 9.17) is 14.7 Å². The first-order chi connectivity index (χ1) is 15.4. The highest BCUT2D eigenvalue weighted by Crippen LogP contribution is 2.42. The first-order valence-electron chi connectivity index (χ1n) is 11.4. The molecule has 1 saturated heterocycles. The molecule has 0 amide bonds. The molecule has 32 heavy (non-hydrogen) atoms. The Morgan fingerprint density at radius 3 is 2.56 bits per heavy atom. The smallest absolute Gasteiger partial charge is 0.335 e. The number of piperidine rings is 1. The monoisotopic (exact) mass is 434 g/mol. The third-order valence-electron chi connectivity index (χ3n) is 7.24. The minimum atomic E-state index is -0.917. The molecule has 1 spiro atoms. The van der Waals surface area contributed by atoms with Gasteiger partial charge in [-0.1, -0.05) is 43.3 Å². The minimum Gasteiger partial charge on any atom is -0.493 e. The van der Waals surface area contributed by atoms with Gasteiger partial charge in [0.1, 0.15) is 11.4 Å². The van der Waals surface area contributed by atoms with Crippen molar-refractivity contribution >= 4 is 11.7 Å². The van der Waals surface area contributed by atoms with Gasteiger partial charge < -0.3 is 14.7 Å². The maximum atomic E-state index is 11.1. The lowest BCUT2D eigenvalue weighted by Gasteiger charge is -2.39. The van der Waals surface area contributed by atoms with Crippen molar-refractivity contribution in [1.29, 1.82) is 0 Å². The lowest BCUT2D eigenvalue weighted by molar-refractivity contribution is -0.0627. The van der Waals surface area contributed by atoms with Gasteiger partial charge in [-0.15, -0.1) is 0 Å². The molecule has 6 nitrogen and oxygen atoms in total. The third-order valence-corrected chi connectivity index (χ3v) is 7.24. The molecular weight excluding hydrogens is 404 g/mol. The number of likely N-dealkylation sites (tertiary alicyclic amines) is 1. The van der Waals surface area contributed by atoms with Crippen LogP contribution in [0.3, 0.4) is 0 Å². The molecule has 3 aliphatic heterocycles. The molecule has 3 heterocycles. The van der Waals surface area contributed by atoms with E-state index in [-0.39, 0.29) is 16.6 Å². The molecular formula is C26H30N2O4. The number of rotatable bonds is 4. The Bertz CT molecular complexity index is 1050. The summed E-state index contributed by atoms with van der Waals surface area (Å²) in [6.07, 6.45) is 3.68. The normalized spacial score (nSPS) is 21.4. The van der Waals surface area contributed by atoms with Crippen LogP contribution < -0.4 is 4.74 Å². The van der Waals surface area contributed by atoms with Gasteiger partial charge in [-0.25, -0.2) is 4.79 Å². The molecule has 168 valence electrons. The van der Waals surface area contributed by atoms with Crippen LogP contribution in [-0.4, -0.2) is 47.0 Å². The van der Waals surface area contributed by atoms with Crippen LogP contribution in [0, 0.1) is 0 Å². The summed E-state index contributed by atoms with van der Waals surface area (Å²) >= 11 is 0. The number of carbonyl (C=O) groups is 1. The second kappa shape index (κ2) is 7.93. The molecule has 2 aromatic rings. The predicted molar refractivity (Wildman–Crippen MR) is 122 cm³/mol. The highest BCUT2D eigenvalue weighted by Gasteiger charge is 2.42. The number of carboxylic acids is 1. The number of benzene rings is 2. The van der Waals surface area contributed by atoms with Crippen LogP contribution in [0.5, 0.6) is 5.75 Å². The summed E-state index contributed by atoms with van der Waals surface area (Å²) in [6, 6.07) is 13.3. The van der Waals surface area contributed by atoms with E-state index in [1.54, 1.807) is 12.1 Å². The largest absolute Gasteiger partial charge is 0.493 e. The van der Waals surface area contributed by atoms with E-state index in [0.29, 0.717) is 0 Å². The first-order valence-corrected chi connectivity index (χ1v) is 11.4. The molecule has 0 aliphatic carbocycles. The van der Waals surface area contributed by atoms with Crippen LogP contribution in [0.2, 0.25) is 0 Å². The van der Waals surface area contributed by atoms with E-state index in [1.807, 2.05) is 12.1 Å². The van der Waals surface area contributed by atoms with E-state index in [9.17, 15) is 4.79 Å². The summed E-state index contributed by atoms with van der Waals surface area (Å²) in [5.41, 5.74) is 4.75. The maximum absolute atomic E-state index is 11.1. The van der Waals surface area contributed by atoms with Crippen molar-refractivity contribution in [3.8, 4) is 5.75 Å². The van der Waals surface area contributed by atoms with Gasteiger partial charge in [0, 0.05) is 44.5 Å². The van der Waals surface area contributed by atoms with Gasteiger partial charge in [0.05, 0.1) is 17.9 Å². The summed E-state index contributed by atoms with van der Waals surface area (Å²) in [5, 5.41) is 13.5. The van der Waals surface area contributed by atoms with E-state index in [0.717, 1.165) is 68.9 Å². The lowest BCUT2D eigenvalue weighted by atomic mass is 9.77. The maximum Gasteiger partial charge on any atom is 0.335 e. The molecule has 0 atom stereocenters. The van der Waals surface area contributed by atoms with Crippen molar-refractivity contribution in [2.75, 3.05) is 19.7 Å². The molecule has 0 saturated carbocycles. The van der Waals surface area contributed by atoms with E-state index >= 15 is 0 Å². The zero-order valence-corrected chi connectivity index (χ0v) is 18.8. The summed E-state index contributed by atoms with van der Waals surface area (Å²) in [5.74, 6) is 0.123. The van der Waals surface area contributed by atoms with Crippen LogP contribution in [0.25, 0.3) is 0 Å². The Kier molecular flexibility index (Phi) is 5.20. The average Bonchev–Trinajstić information content (AvgIpc) is 3.19. The Balaban J connectivity index is 1.23. The number of hydrogen-bond acceptors (Lipinski definition) is 5. The molecule has 1 N–H and O–H groups in total. The van der Waals surface area contributed by atoms with E-state index < -0.39 is 5.97 Å². The topological polar surface area (TPSA) is 71.4 Å². The summed E-state index contributed by atoms with van der Waals surface area (Å²) in [4.78, 5) is 19.6. The fourth-order valence-corrected chi connectivity index (χ4v) is 5.25. The van der Waals surface area contributed by atoms with Crippen molar-refractivity contribution in [3.63, 3.8) is 0 Å². The lowest BCUT2D eigenvalue weighted by Crippen LogP contribution is -2.44. The number of hydrogen-bond donors (Lipinski definition) is 1.